The summed E-state index contributed by atoms with van der Waals surface area (Å²) in [6.45, 7) is 1.64. The number of thiophene rings is 1. The Morgan fingerprint density at radius 3 is 2.74 bits per heavy atom. The number of piperidine rings is 1. The zero-order valence-corrected chi connectivity index (χ0v) is 13.6. The highest BCUT2D eigenvalue weighted by Crippen LogP contribution is 2.38. The van der Waals surface area contributed by atoms with E-state index < -0.39 is 5.97 Å². The molecular weight excluding hydrogens is 314 g/mol. The van der Waals surface area contributed by atoms with Gasteiger partial charge in [0.05, 0.1) is 18.7 Å². The van der Waals surface area contributed by atoms with Crippen LogP contribution in [-0.2, 0) is 22.4 Å². The molecule has 1 aromatic heterocycles. The molecule has 0 saturated carbocycles. The number of rotatable bonds is 4. The van der Waals surface area contributed by atoms with Crippen molar-refractivity contribution in [2.45, 2.75) is 32.1 Å². The van der Waals surface area contributed by atoms with Crippen LogP contribution >= 0.6 is 11.3 Å². The molecule has 3 rings (SSSR count). The number of carbonyl (C=O) groups is 2. The van der Waals surface area contributed by atoms with Crippen molar-refractivity contribution in [3.05, 3.63) is 16.0 Å². The number of nitrogens with one attached hydrogen (secondary N) is 2. The van der Waals surface area contributed by atoms with Crippen molar-refractivity contribution in [2.24, 2.45) is 5.92 Å². The molecule has 1 fully saturated rings. The van der Waals surface area contributed by atoms with E-state index in [9.17, 15) is 20.0 Å². The van der Waals surface area contributed by atoms with Gasteiger partial charge in [0, 0.05) is 29.6 Å². The summed E-state index contributed by atoms with van der Waals surface area (Å²) in [5, 5.41) is 23.7. The zero-order valence-electron chi connectivity index (χ0n) is 12.8. The van der Waals surface area contributed by atoms with Gasteiger partial charge in [0.1, 0.15) is 11.1 Å². The lowest BCUT2D eigenvalue weighted by atomic mass is 9.97. The molecule has 2 aliphatic rings. The molecule has 2 N–H and O–H groups in total. The normalized spacial score (nSPS) is 23.1. The van der Waals surface area contributed by atoms with E-state index in [-0.39, 0.29) is 11.8 Å². The van der Waals surface area contributed by atoms with Crippen molar-refractivity contribution in [2.75, 3.05) is 25.0 Å². The van der Waals surface area contributed by atoms with Crippen molar-refractivity contribution in [3.8, 4) is 6.07 Å². The third-order valence-corrected chi connectivity index (χ3v) is 5.93. The minimum absolute atomic E-state index is 0.108. The van der Waals surface area contributed by atoms with Crippen LogP contribution in [0.2, 0.25) is 0 Å². The van der Waals surface area contributed by atoms with Crippen LogP contribution in [-0.4, -0.2) is 31.5 Å². The van der Waals surface area contributed by atoms with E-state index in [4.69, 9.17) is 0 Å². The molecule has 2 heterocycles. The quantitative estimate of drug-likeness (QED) is 0.745. The van der Waals surface area contributed by atoms with Crippen LogP contribution in [0.1, 0.15) is 35.3 Å². The second-order valence-electron chi connectivity index (χ2n) is 6.24. The van der Waals surface area contributed by atoms with Crippen LogP contribution in [0.3, 0.4) is 0 Å². The summed E-state index contributed by atoms with van der Waals surface area (Å²) in [5.74, 6) is -1.48. The number of fused-ring (bicyclic) bond motifs is 1. The second kappa shape index (κ2) is 6.69. The van der Waals surface area contributed by atoms with Gasteiger partial charge in [-0.2, -0.15) is 5.26 Å². The molecule has 122 valence electrons. The maximum atomic E-state index is 12.2. The van der Waals surface area contributed by atoms with E-state index in [2.05, 4.69) is 11.4 Å². The maximum Gasteiger partial charge on any atom is 0.280 e. The average Bonchev–Trinajstić information content (AvgIpc) is 3.08. The second-order valence-corrected chi connectivity index (χ2v) is 7.35. The highest BCUT2D eigenvalue weighted by Gasteiger charge is 2.26. The standard InChI is InChI=1S/C16H19N3O3S/c17-8-12-11-2-1-3-13(11)23-15(12)18-14(20)9-19-6-4-10(5-7-19)16(21)22/h10H,1-7,9H2,(H,18,20)(H,21,22). The summed E-state index contributed by atoms with van der Waals surface area (Å²) in [5.41, 5.74) is 1.73. The van der Waals surface area contributed by atoms with E-state index in [1.165, 1.54) is 16.2 Å². The molecule has 23 heavy (non-hydrogen) atoms. The monoisotopic (exact) mass is 333 g/mol. The molecule has 1 saturated heterocycles. The number of aryl methyl sites for hydroxylation is 1. The van der Waals surface area contributed by atoms with Crippen LogP contribution in [0.5, 0.6) is 0 Å². The van der Waals surface area contributed by atoms with Crippen molar-refractivity contribution in [1.82, 2.24) is 0 Å². The number of carboxylic acid groups (broad SMARTS) is 1. The van der Waals surface area contributed by atoms with Crippen molar-refractivity contribution < 1.29 is 19.6 Å². The number of nitriles is 1. The van der Waals surface area contributed by atoms with Gasteiger partial charge >= 0.3 is 0 Å². The lowest BCUT2D eigenvalue weighted by Gasteiger charge is -2.29. The number of hydrogen-bond acceptors (Lipinski definition) is 5. The number of carbonyl (C=O) groups excluding carboxylic acids is 2. The van der Waals surface area contributed by atoms with E-state index in [1.807, 2.05) is 0 Å². The van der Waals surface area contributed by atoms with E-state index >= 15 is 0 Å². The fraction of sp³-hybridized carbons (Fsp3) is 0.562. The number of amides is 1. The van der Waals surface area contributed by atoms with Crippen molar-refractivity contribution >= 4 is 28.2 Å². The van der Waals surface area contributed by atoms with Crippen molar-refractivity contribution in [3.63, 3.8) is 0 Å². The Kier molecular flexibility index (Phi) is 4.64. The average molecular weight is 333 g/mol. The minimum atomic E-state index is -0.986. The fourth-order valence-corrected chi connectivity index (χ4v) is 4.70. The number of anilines is 1. The molecule has 1 aromatic rings. The molecule has 0 unspecified atom stereocenters. The molecule has 6 nitrogen and oxygen atoms in total. The predicted molar refractivity (Wildman–Crippen MR) is 83.0 cm³/mol. The topological polar surface area (TPSA) is 97.5 Å². The highest BCUT2D eigenvalue weighted by atomic mass is 32.1. The number of hydrogen-bond donors (Lipinski definition) is 2. The smallest absolute Gasteiger partial charge is 0.280 e. The van der Waals surface area contributed by atoms with Gasteiger partial charge in [0.25, 0.3) is 5.91 Å². The summed E-state index contributed by atoms with van der Waals surface area (Å²) in [6.07, 6.45) is 4.12. The van der Waals surface area contributed by atoms with Crippen LogP contribution < -0.4 is 15.3 Å². The predicted octanol–water partition coefficient (Wildman–Crippen LogP) is -0.908. The molecule has 1 aliphatic heterocycles. The molecule has 0 spiro atoms. The van der Waals surface area contributed by atoms with Crippen LogP contribution in [0, 0.1) is 17.2 Å². The molecule has 7 heteroatoms. The molecular formula is C16H19N3O3S. The number of likely N-dealkylation sites (tertiary alicyclic amines) is 1. The van der Waals surface area contributed by atoms with Crippen molar-refractivity contribution in [1.29, 1.82) is 5.26 Å². The lowest BCUT2D eigenvalue weighted by Crippen LogP contribution is -3.14. The van der Waals surface area contributed by atoms with E-state index in [0.717, 1.165) is 29.7 Å². The van der Waals surface area contributed by atoms with Gasteiger partial charge < -0.3 is 20.1 Å². The lowest BCUT2D eigenvalue weighted by molar-refractivity contribution is -0.897. The number of aliphatic carboxylic acids is 1. The summed E-state index contributed by atoms with van der Waals surface area (Å²) in [4.78, 5) is 25.4. The Morgan fingerprint density at radius 1 is 1.35 bits per heavy atom. The first kappa shape index (κ1) is 16.0. The summed E-state index contributed by atoms with van der Waals surface area (Å²) < 4.78 is 0. The first-order valence-corrected chi connectivity index (χ1v) is 8.79. The van der Waals surface area contributed by atoms with E-state index in [1.54, 1.807) is 0 Å². The third-order valence-electron chi connectivity index (χ3n) is 4.72. The Bertz CT molecular complexity index is 669. The first-order valence-electron chi connectivity index (χ1n) is 7.97. The van der Waals surface area contributed by atoms with Gasteiger partial charge in [-0.15, -0.1) is 11.3 Å². The largest absolute Gasteiger partial charge is 0.550 e. The van der Waals surface area contributed by atoms with E-state index in [0.29, 0.717) is 43.0 Å². The summed E-state index contributed by atoms with van der Waals surface area (Å²) >= 11 is 1.52. The maximum absolute atomic E-state index is 12.2. The minimum Gasteiger partial charge on any atom is -0.550 e. The molecule has 1 aliphatic carbocycles. The van der Waals surface area contributed by atoms with Gasteiger partial charge in [0.2, 0.25) is 0 Å². The Morgan fingerprint density at radius 2 is 2.09 bits per heavy atom. The van der Waals surface area contributed by atoms with Gasteiger partial charge in [0.15, 0.2) is 6.54 Å². The molecule has 0 aromatic carbocycles. The summed E-state index contributed by atoms with van der Waals surface area (Å²) in [6, 6.07) is 2.22. The highest BCUT2D eigenvalue weighted by molar-refractivity contribution is 7.16. The fourth-order valence-electron chi connectivity index (χ4n) is 3.45. The summed E-state index contributed by atoms with van der Waals surface area (Å²) in [7, 11) is 0. The van der Waals surface area contributed by atoms with Gasteiger partial charge in [-0.05, 0) is 24.8 Å². The van der Waals surface area contributed by atoms with Gasteiger partial charge in [-0.3, -0.25) is 4.79 Å². The third kappa shape index (κ3) is 3.38. The molecule has 0 atom stereocenters. The number of nitrogens with zero attached hydrogens (tertiary/aromatic N) is 1. The molecule has 1 amide bonds. The number of quaternary nitrogens is 1. The Hall–Kier alpha value is -1.91. The Balaban J connectivity index is 1.57. The molecule has 0 bridgehead atoms. The van der Waals surface area contributed by atoms with Gasteiger partial charge in [-0.1, -0.05) is 0 Å². The van der Waals surface area contributed by atoms with Gasteiger partial charge in [-0.25, -0.2) is 0 Å². The Labute approximate surface area is 138 Å². The zero-order chi connectivity index (χ0) is 16.4. The van der Waals surface area contributed by atoms with Crippen LogP contribution in [0.25, 0.3) is 0 Å². The first-order chi connectivity index (χ1) is 11.1. The van der Waals surface area contributed by atoms with Crippen LogP contribution in [0.4, 0.5) is 5.00 Å². The SMILES string of the molecule is N#Cc1c(NC(=O)C[NH+]2CCC(C(=O)[O-])CC2)sc2c1CCC2. The molecule has 0 radical (unpaired) electrons. The van der Waals surface area contributed by atoms with Crippen LogP contribution in [0.15, 0.2) is 0 Å². The number of carboxylic acids is 1.